The molecule has 0 bridgehead atoms. The smallest absolute Gasteiger partial charge is 0.0809 e. The summed E-state index contributed by atoms with van der Waals surface area (Å²) in [5.74, 6) is 0. The second kappa shape index (κ2) is 7.89. The number of thiophene rings is 1. The molecule has 1 saturated heterocycles. The van der Waals surface area contributed by atoms with Crippen LogP contribution in [0.25, 0.3) is 0 Å². The van der Waals surface area contributed by atoms with Gasteiger partial charge in [0.05, 0.1) is 12.7 Å². The van der Waals surface area contributed by atoms with Crippen molar-refractivity contribution in [3.05, 3.63) is 21.9 Å². The molecule has 4 heteroatoms. The maximum Gasteiger partial charge on any atom is 0.0809 e. The second-order valence-electron chi connectivity index (χ2n) is 4.75. The summed E-state index contributed by atoms with van der Waals surface area (Å²) in [4.78, 5) is 2.79. The lowest BCUT2D eigenvalue weighted by Crippen LogP contribution is -2.18. The van der Waals surface area contributed by atoms with Crippen molar-refractivity contribution in [3.8, 4) is 0 Å². The minimum atomic E-state index is 0.354. The quantitative estimate of drug-likeness (QED) is 0.736. The fourth-order valence-corrected chi connectivity index (χ4v) is 2.94. The Balaban J connectivity index is 1.41. The average molecular weight is 269 g/mol. The molecule has 0 amide bonds. The summed E-state index contributed by atoms with van der Waals surface area (Å²) in [6, 6.07) is 4.37. The van der Waals surface area contributed by atoms with Crippen LogP contribution in [0.4, 0.5) is 0 Å². The van der Waals surface area contributed by atoms with Gasteiger partial charge in [-0.1, -0.05) is 0 Å². The molecule has 0 spiro atoms. The summed E-state index contributed by atoms with van der Waals surface area (Å²) in [5, 5.41) is 3.44. The van der Waals surface area contributed by atoms with Crippen LogP contribution in [0, 0.1) is 6.92 Å². The van der Waals surface area contributed by atoms with Gasteiger partial charge < -0.3 is 14.8 Å². The zero-order valence-corrected chi connectivity index (χ0v) is 11.9. The second-order valence-corrected chi connectivity index (χ2v) is 6.13. The molecule has 1 atom stereocenters. The standard InChI is InChI=1S/C14H23NO2S/c1-12-5-6-14(18-12)10-15-7-3-8-16-11-13-4-2-9-17-13/h5-6,13,15H,2-4,7-11H2,1H3. The Morgan fingerprint density at radius 1 is 1.50 bits per heavy atom. The SMILES string of the molecule is Cc1ccc(CNCCCOCC2CCCO2)s1. The molecule has 1 fully saturated rings. The van der Waals surface area contributed by atoms with Crippen molar-refractivity contribution >= 4 is 11.3 Å². The number of hydrogen-bond donors (Lipinski definition) is 1. The first-order chi connectivity index (χ1) is 8.84. The first-order valence-corrected chi connectivity index (χ1v) is 7.61. The lowest BCUT2D eigenvalue weighted by atomic mass is 10.2. The Morgan fingerprint density at radius 2 is 2.44 bits per heavy atom. The first kappa shape index (κ1) is 14.0. The summed E-state index contributed by atoms with van der Waals surface area (Å²) >= 11 is 1.86. The van der Waals surface area contributed by atoms with E-state index in [9.17, 15) is 0 Å². The van der Waals surface area contributed by atoms with E-state index in [1.807, 2.05) is 11.3 Å². The van der Waals surface area contributed by atoms with Gasteiger partial charge in [-0.3, -0.25) is 0 Å². The van der Waals surface area contributed by atoms with E-state index in [1.165, 1.54) is 16.2 Å². The van der Waals surface area contributed by atoms with Crippen molar-refractivity contribution in [1.82, 2.24) is 5.32 Å². The molecular weight excluding hydrogens is 246 g/mol. The van der Waals surface area contributed by atoms with Gasteiger partial charge in [-0.05, 0) is 44.9 Å². The maximum absolute atomic E-state index is 5.61. The molecule has 2 heterocycles. The lowest BCUT2D eigenvalue weighted by molar-refractivity contribution is 0.0166. The average Bonchev–Trinajstić information content (AvgIpc) is 3.00. The van der Waals surface area contributed by atoms with Gasteiger partial charge in [0, 0.05) is 29.5 Å². The minimum Gasteiger partial charge on any atom is -0.379 e. The van der Waals surface area contributed by atoms with Gasteiger partial charge in [0.25, 0.3) is 0 Å². The zero-order valence-electron chi connectivity index (χ0n) is 11.1. The van der Waals surface area contributed by atoms with Crippen LogP contribution < -0.4 is 5.32 Å². The van der Waals surface area contributed by atoms with Crippen molar-refractivity contribution in [2.24, 2.45) is 0 Å². The minimum absolute atomic E-state index is 0.354. The molecule has 1 N–H and O–H groups in total. The van der Waals surface area contributed by atoms with Crippen molar-refractivity contribution < 1.29 is 9.47 Å². The highest BCUT2D eigenvalue weighted by atomic mass is 32.1. The highest BCUT2D eigenvalue weighted by Gasteiger charge is 2.14. The molecule has 1 aliphatic heterocycles. The summed E-state index contributed by atoms with van der Waals surface area (Å²) in [6.07, 6.45) is 3.77. The molecule has 102 valence electrons. The third-order valence-electron chi connectivity index (χ3n) is 3.07. The van der Waals surface area contributed by atoms with Crippen LogP contribution in [0.15, 0.2) is 12.1 Å². The van der Waals surface area contributed by atoms with E-state index in [1.54, 1.807) is 0 Å². The molecule has 18 heavy (non-hydrogen) atoms. The molecule has 3 nitrogen and oxygen atoms in total. The van der Waals surface area contributed by atoms with E-state index >= 15 is 0 Å². The van der Waals surface area contributed by atoms with Crippen molar-refractivity contribution in [2.75, 3.05) is 26.4 Å². The van der Waals surface area contributed by atoms with Crippen molar-refractivity contribution in [2.45, 2.75) is 38.8 Å². The summed E-state index contributed by atoms with van der Waals surface area (Å²) in [5.41, 5.74) is 0. The Morgan fingerprint density at radius 3 is 3.17 bits per heavy atom. The molecule has 0 radical (unpaired) electrons. The van der Waals surface area contributed by atoms with E-state index in [0.717, 1.165) is 45.8 Å². The number of ether oxygens (including phenoxy) is 2. The van der Waals surface area contributed by atoms with E-state index in [-0.39, 0.29) is 0 Å². The largest absolute Gasteiger partial charge is 0.379 e. The van der Waals surface area contributed by atoms with Crippen LogP contribution in [0.2, 0.25) is 0 Å². The van der Waals surface area contributed by atoms with E-state index in [4.69, 9.17) is 9.47 Å². The monoisotopic (exact) mass is 269 g/mol. The van der Waals surface area contributed by atoms with Crippen LogP contribution in [0.5, 0.6) is 0 Å². The summed E-state index contributed by atoms with van der Waals surface area (Å²) < 4.78 is 11.1. The van der Waals surface area contributed by atoms with Gasteiger partial charge in [0.15, 0.2) is 0 Å². The van der Waals surface area contributed by atoms with E-state index < -0.39 is 0 Å². The zero-order chi connectivity index (χ0) is 12.6. The molecule has 1 aromatic rings. The third-order valence-corrected chi connectivity index (χ3v) is 4.07. The fraction of sp³-hybridized carbons (Fsp3) is 0.714. The molecule has 2 rings (SSSR count). The lowest BCUT2D eigenvalue weighted by Gasteiger charge is -2.10. The van der Waals surface area contributed by atoms with Crippen LogP contribution >= 0.6 is 11.3 Å². The maximum atomic E-state index is 5.61. The number of hydrogen-bond acceptors (Lipinski definition) is 4. The van der Waals surface area contributed by atoms with Crippen LogP contribution in [0.1, 0.15) is 29.0 Å². The van der Waals surface area contributed by atoms with Gasteiger partial charge in [0.2, 0.25) is 0 Å². The van der Waals surface area contributed by atoms with E-state index in [2.05, 4.69) is 24.4 Å². The normalized spacial score (nSPS) is 19.5. The number of aryl methyl sites for hydroxylation is 1. The third kappa shape index (κ3) is 5.06. The predicted octanol–water partition coefficient (Wildman–Crippen LogP) is 2.73. The van der Waals surface area contributed by atoms with Gasteiger partial charge >= 0.3 is 0 Å². The van der Waals surface area contributed by atoms with Crippen LogP contribution in [0.3, 0.4) is 0 Å². The predicted molar refractivity (Wildman–Crippen MR) is 75.2 cm³/mol. The number of nitrogens with one attached hydrogen (secondary N) is 1. The highest BCUT2D eigenvalue weighted by molar-refractivity contribution is 7.11. The summed E-state index contributed by atoms with van der Waals surface area (Å²) in [7, 11) is 0. The molecule has 1 aliphatic rings. The molecule has 0 aliphatic carbocycles. The van der Waals surface area contributed by atoms with Crippen LogP contribution in [-0.4, -0.2) is 32.5 Å². The highest BCUT2D eigenvalue weighted by Crippen LogP contribution is 2.14. The Kier molecular flexibility index (Phi) is 6.14. The van der Waals surface area contributed by atoms with Crippen molar-refractivity contribution in [1.29, 1.82) is 0 Å². The van der Waals surface area contributed by atoms with Gasteiger partial charge in [0.1, 0.15) is 0 Å². The van der Waals surface area contributed by atoms with Crippen LogP contribution in [-0.2, 0) is 16.0 Å². The Labute approximate surface area is 113 Å². The van der Waals surface area contributed by atoms with E-state index in [0.29, 0.717) is 6.10 Å². The van der Waals surface area contributed by atoms with Crippen molar-refractivity contribution in [3.63, 3.8) is 0 Å². The Hall–Kier alpha value is -0.420. The number of rotatable bonds is 8. The van der Waals surface area contributed by atoms with Gasteiger partial charge in [-0.15, -0.1) is 11.3 Å². The fourth-order valence-electron chi connectivity index (χ4n) is 2.08. The topological polar surface area (TPSA) is 30.5 Å². The van der Waals surface area contributed by atoms with Gasteiger partial charge in [-0.25, -0.2) is 0 Å². The molecular formula is C14H23NO2S. The molecule has 0 saturated carbocycles. The van der Waals surface area contributed by atoms with Gasteiger partial charge in [-0.2, -0.15) is 0 Å². The molecule has 1 aromatic heterocycles. The summed E-state index contributed by atoms with van der Waals surface area (Å²) in [6.45, 7) is 6.65. The first-order valence-electron chi connectivity index (χ1n) is 6.80. The molecule has 1 unspecified atom stereocenters. The molecule has 0 aromatic carbocycles. The Bertz CT molecular complexity index is 334.